The predicted molar refractivity (Wildman–Crippen MR) is 105 cm³/mol. The van der Waals surface area contributed by atoms with Gasteiger partial charge in [0.05, 0.1) is 13.3 Å². The Morgan fingerprint density at radius 2 is 1.84 bits per heavy atom. The molecule has 1 aliphatic carbocycles. The third kappa shape index (κ3) is 8.07. The number of halogens is 1. The van der Waals surface area contributed by atoms with Gasteiger partial charge in [-0.3, -0.25) is 4.39 Å². The van der Waals surface area contributed by atoms with Gasteiger partial charge in [-0.2, -0.15) is 0 Å². The average Bonchev–Trinajstić information content (AvgIpc) is 2.66. The number of allylic oxidation sites excluding steroid dienone is 2. The van der Waals surface area contributed by atoms with E-state index in [0.29, 0.717) is 6.42 Å². The van der Waals surface area contributed by atoms with Crippen molar-refractivity contribution in [2.24, 2.45) is 11.8 Å². The standard InChI is InChI=1S/C23H35FO/c1-2-19-25-23-16-14-22(15-17-23)13-12-21-10-8-20(9-11-21)7-5-3-4-6-18-24/h5,7,14-17,20-21H,2-4,6,8-13,18-19H2,1H3/b7-5+. The van der Waals surface area contributed by atoms with E-state index < -0.39 is 0 Å². The number of alkyl halides is 1. The number of hydrogen-bond acceptors (Lipinski definition) is 1. The van der Waals surface area contributed by atoms with Crippen LogP contribution in [0.1, 0.15) is 70.3 Å². The first-order valence-electron chi connectivity index (χ1n) is 10.3. The molecule has 0 saturated heterocycles. The van der Waals surface area contributed by atoms with Crippen LogP contribution in [0.25, 0.3) is 0 Å². The van der Waals surface area contributed by atoms with Crippen molar-refractivity contribution in [2.45, 2.75) is 71.1 Å². The van der Waals surface area contributed by atoms with Crippen molar-refractivity contribution in [3.8, 4) is 5.75 Å². The lowest BCUT2D eigenvalue weighted by Crippen LogP contribution is -2.13. The molecule has 140 valence electrons. The molecule has 1 aliphatic rings. The largest absolute Gasteiger partial charge is 0.494 e. The Kier molecular flexibility index (Phi) is 9.69. The van der Waals surface area contributed by atoms with Crippen LogP contribution in [0.4, 0.5) is 4.39 Å². The molecule has 0 atom stereocenters. The van der Waals surface area contributed by atoms with Gasteiger partial charge >= 0.3 is 0 Å². The average molecular weight is 347 g/mol. The monoisotopic (exact) mass is 346 g/mol. The summed E-state index contributed by atoms with van der Waals surface area (Å²) >= 11 is 0. The molecular weight excluding hydrogens is 311 g/mol. The van der Waals surface area contributed by atoms with Crippen LogP contribution in [0.5, 0.6) is 5.75 Å². The van der Waals surface area contributed by atoms with Gasteiger partial charge < -0.3 is 4.74 Å². The van der Waals surface area contributed by atoms with Crippen LogP contribution in [-0.2, 0) is 6.42 Å². The summed E-state index contributed by atoms with van der Waals surface area (Å²) in [6.07, 6.45) is 16.3. The second-order valence-corrected chi connectivity index (χ2v) is 7.42. The van der Waals surface area contributed by atoms with Crippen LogP contribution in [0.15, 0.2) is 36.4 Å². The number of hydrogen-bond donors (Lipinski definition) is 0. The predicted octanol–water partition coefficient (Wildman–Crippen LogP) is 6.91. The first-order chi connectivity index (χ1) is 12.3. The number of benzene rings is 1. The summed E-state index contributed by atoms with van der Waals surface area (Å²) in [4.78, 5) is 0. The number of aryl methyl sites for hydroxylation is 1. The van der Waals surface area contributed by atoms with E-state index in [1.54, 1.807) is 0 Å². The Morgan fingerprint density at radius 3 is 2.52 bits per heavy atom. The maximum absolute atomic E-state index is 12.1. The van der Waals surface area contributed by atoms with Gasteiger partial charge in [0.25, 0.3) is 0 Å². The quantitative estimate of drug-likeness (QED) is 0.312. The maximum Gasteiger partial charge on any atom is 0.119 e. The summed E-state index contributed by atoms with van der Waals surface area (Å²) in [5.41, 5.74) is 1.43. The van der Waals surface area contributed by atoms with Crippen molar-refractivity contribution in [1.29, 1.82) is 0 Å². The SMILES string of the molecule is CCCOc1ccc(CCC2CCC(/C=C/CCCCF)CC2)cc1. The molecule has 1 aromatic rings. The minimum atomic E-state index is -0.173. The van der Waals surface area contributed by atoms with Crippen LogP contribution in [0.3, 0.4) is 0 Å². The molecule has 0 spiro atoms. The van der Waals surface area contributed by atoms with E-state index in [0.717, 1.165) is 43.5 Å². The molecule has 25 heavy (non-hydrogen) atoms. The zero-order valence-electron chi connectivity index (χ0n) is 15.9. The molecule has 1 fully saturated rings. The Hall–Kier alpha value is -1.31. The smallest absolute Gasteiger partial charge is 0.119 e. The van der Waals surface area contributed by atoms with Crippen molar-refractivity contribution in [2.75, 3.05) is 13.3 Å². The molecule has 1 nitrogen and oxygen atoms in total. The van der Waals surface area contributed by atoms with E-state index in [9.17, 15) is 4.39 Å². The number of unbranched alkanes of at least 4 members (excludes halogenated alkanes) is 2. The Labute approximate surface area is 153 Å². The topological polar surface area (TPSA) is 9.23 Å². The molecule has 0 radical (unpaired) electrons. The molecule has 0 unspecified atom stereocenters. The highest BCUT2D eigenvalue weighted by atomic mass is 19.1. The lowest BCUT2D eigenvalue weighted by atomic mass is 9.79. The van der Waals surface area contributed by atoms with E-state index in [2.05, 4.69) is 43.3 Å². The number of rotatable bonds is 11. The van der Waals surface area contributed by atoms with Crippen molar-refractivity contribution in [1.82, 2.24) is 0 Å². The Bertz CT molecular complexity index is 471. The second kappa shape index (κ2) is 12.1. The molecule has 0 N–H and O–H groups in total. The summed E-state index contributed by atoms with van der Waals surface area (Å²) in [5, 5.41) is 0. The van der Waals surface area contributed by atoms with Crippen LogP contribution < -0.4 is 4.74 Å². The van der Waals surface area contributed by atoms with Gasteiger partial charge in [0.1, 0.15) is 5.75 Å². The fourth-order valence-electron chi connectivity index (χ4n) is 3.66. The maximum atomic E-state index is 12.1. The number of ether oxygens (including phenoxy) is 1. The third-order valence-corrected chi connectivity index (χ3v) is 5.29. The molecule has 0 heterocycles. The molecule has 2 rings (SSSR count). The molecule has 0 amide bonds. The van der Waals surface area contributed by atoms with Gasteiger partial charge in [0.2, 0.25) is 0 Å². The van der Waals surface area contributed by atoms with Gasteiger partial charge in [-0.25, -0.2) is 0 Å². The van der Waals surface area contributed by atoms with Crippen molar-refractivity contribution >= 4 is 0 Å². The van der Waals surface area contributed by atoms with Crippen LogP contribution in [0.2, 0.25) is 0 Å². The van der Waals surface area contributed by atoms with E-state index in [-0.39, 0.29) is 6.67 Å². The van der Waals surface area contributed by atoms with Crippen LogP contribution >= 0.6 is 0 Å². The third-order valence-electron chi connectivity index (χ3n) is 5.29. The van der Waals surface area contributed by atoms with E-state index >= 15 is 0 Å². The molecule has 1 aromatic carbocycles. The highest BCUT2D eigenvalue weighted by molar-refractivity contribution is 5.27. The molecule has 0 aliphatic heterocycles. The second-order valence-electron chi connectivity index (χ2n) is 7.42. The van der Waals surface area contributed by atoms with Crippen molar-refractivity contribution in [3.05, 3.63) is 42.0 Å². The molecular formula is C23H35FO. The van der Waals surface area contributed by atoms with E-state index in [1.165, 1.54) is 44.1 Å². The van der Waals surface area contributed by atoms with Gasteiger partial charge in [0.15, 0.2) is 0 Å². The zero-order valence-corrected chi connectivity index (χ0v) is 15.9. The van der Waals surface area contributed by atoms with E-state index in [1.807, 2.05) is 0 Å². The first kappa shape index (κ1) is 20.0. The first-order valence-corrected chi connectivity index (χ1v) is 10.3. The van der Waals surface area contributed by atoms with E-state index in [4.69, 9.17) is 4.74 Å². The summed E-state index contributed by atoms with van der Waals surface area (Å²) in [7, 11) is 0. The van der Waals surface area contributed by atoms with Gasteiger partial charge in [-0.1, -0.05) is 31.2 Å². The highest BCUT2D eigenvalue weighted by Crippen LogP contribution is 2.32. The molecule has 1 saturated carbocycles. The fraction of sp³-hybridized carbons (Fsp3) is 0.652. The minimum absolute atomic E-state index is 0.173. The van der Waals surface area contributed by atoms with Crippen molar-refractivity contribution in [3.63, 3.8) is 0 Å². The van der Waals surface area contributed by atoms with Crippen molar-refractivity contribution < 1.29 is 9.13 Å². The minimum Gasteiger partial charge on any atom is -0.494 e. The summed E-state index contributed by atoms with van der Waals surface area (Å²) < 4.78 is 17.7. The lowest BCUT2D eigenvalue weighted by molar-refractivity contribution is 0.295. The normalized spacial score (nSPS) is 20.9. The lowest BCUT2D eigenvalue weighted by Gasteiger charge is -2.26. The molecule has 2 heteroatoms. The summed E-state index contributed by atoms with van der Waals surface area (Å²) in [6.45, 7) is 2.76. The Balaban J connectivity index is 1.61. The van der Waals surface area contributed by atoms with Gasteiger partial charge in [-0.05, 0) is 93.7 Å². The van der Waals surface area contributed by atoms with Crippen LogP contribution in [0, 0.1) is 11.8 Å². The molecule has 0 aromatic heterocycles. The highest BCUT2D eigenvalue weighted by Gasteiger charge is 2.19. The Morgan fingerprint density at radius 1 is 1.08 bits per heavy atom. The van der Waals surface area contributed by atoms with Gasteiger partial charge in [-0.15, -0.1) is 0 Å². The zero-order chi connectivity index (χ0) is 17.7. The summed E-state index contributed by atoms with van der Waals surface area (Å²) in [6, 6.07) is 8.65. The van der Waals surface area contributed by atoms with Crippen LogP contribution in [-0.4, -0.2) is 13.3 Å². The summed E-state index contributed by atoms with van der Waals surface area (Å²) in [5.74, 6) is 2.63. The molecule has 0 bridgehead atoms. The van der Waals surface area contributed by atoms with Gasteiger partial charge in [0, 0.05) is 0 Å². The fourth-order valence-corrected chi connectivity index (χ4v) is 3.66.